The van der Waals surface area contributed by atoms with Gasteiger partial charge in [0.05, 0.1) is 21.1 Å². The van der Waals surface area contributed by atoms with E-state index in [9.17, 15) is 24.5 Å². The molecule has 25 heavy (non-hydrogen) atoms. The summed E-state index contributed by atoms with van der Waals surface area (Å²) in [5.41, 5.74) is 4.90. The number of thiophene rings is 1. The topological polar surface area (TPSA) is 142 Å². The van der Waals surface area contributed by atoms with Gasteiger partial charge in [-0.3, -0.25) is 19.7 Å². The lowest BCUT2D eigenvalue weighted by Crippen LogP contribution is -2.22. The molecule has 0 unspecified atom stereocenters. The number of hydrogen-bond acceptors (Lipinski definition) is 7. The molecule has 1 heterocycles. The fourth-order valence-electron chi connectivity index (χ4n) is 1.75. The zero-order valence-electron chi connectivity index (χ0n) is 12.4. The number of hydrogen-bond donors (Lipinski definition) is 2. The van der Waals surface area contributed by atoms with Gasteiger partial charge in [0.1, 0.15) is 5.00 Å². The number of ether oxygens (including phenoxy) is 1. The number of non-ortho nitro benzene ring substituents is 1. The van der Waals surface area contributed by atoms with E-state index in [0.29, 0.717) is 0 Å². The third-order valence-corrected chi connectivity index (χ3v) is 4.04. The summed E-state index contributed by atoms with van der Waals surface area (Å²) in [6.07, 6.45) is 0. The van der Waals surface area contributed by atoms with E-state index in [1.54, 1.807) is 5.38 Å². The third kappa shape index (κ3) is 4.52. The van der Waals surface area contributed by atoms with Crippen molar-refractivity contribution in [1.82, 2.24) is 0 Å². The summed E-state index contributed by atoms with van der Waals surface area (Å²) in [5.74, 6) is -2.31. The fraction of sp³-hybridized carbons (Fsp3) is 0.0714. The Labute approximate surface area is 149 Å². The van der Waals surface area contributed by atoms with Crippen molar-refractivity contribution in [2.24, 2.45) is 5.73 Å². The number of nitro groups is 1. The molecular weight excluding hydrogens is 374 g/mol. The minimum atomic E-state index is -0.920. The zero-order chi connectivity index (χ0) is 18.6. The van der Waals surface area contributed by atoms with Gasteiger partial charge in [0.2, 0.25) is 0 Å². The molecule has 0 spiro atoms. The first kappa shape index (κ1) is 18.4. The van der Waals surface area contributed by atoms with Crippen molar-refractivity contribution in [3.8, 4) is 0 Å². The summed E-state index contributed by atoms with van der Waals surface area (Å²) in [7, 11) is 0. The Kier molecular flexibility index (Phi) is 5.67. The summed E-state index contributed by atoms with van der Waals surface area (Å²) < 4.78 is 4.80. The van der Waals surface area contributed by atoms with Crippen LogP contribution in [0.5, 0.6) is 0 Å². The monoisotopic (exact) mass is 383 g/mol. The Morgan fingerprint density at radius 3 is 2.60 bits per heavy atom. The number of benzene rings is 1. The van der Waals surface area contributed by atoms with Crippen LogP contribution in [0.4, 0.5) is 10.7 Å². The highest BCUT2D eigenvalue weighted by Crippen LogP contribution is 2.24. The predicted molar refractivity (Wildman–Crippen MR) is 89.9 cm³/mol. The van der Waals surface area contributed by atoms with Crippen LogP contribution in [-0.2, 0) is 9.53 Å². The van der Waals surface area contributed by atoms with Gasteiger partial charge in [0.25, 0.3) is 17.5 Å². The van der Waals surface area contributed by atoms with Crippen molar-refractivity contribution in [1.29, 1.82) is 0 Å². The van der Waals surface area contributed by atoms with Crippen LogP contribution in [0.3, 0.4) is 0 Å². The smallest absolute Gasteiger partial charge is 0.340 e. The number of anilines is 1. The van der Waals surface area contributed by atoms with E-state index >= 15 is 0 Å². The molecular formula is C14H10ClN3O6S. The molecule has 0 fully saturated rings. The third-order valence-electron chi connectivity index (χ3n) is 2.90. The van der Waals surface area contributed by atoms with E-state index < -0.39 is 29.3 Å². The quantitative estimate of drug-likeness (QED) is 0.445. The summed E-state index contributed by atoms with van der Waals surface area (Å²) in [4.78, 5) is 44.8. The second-order valence-corrected chi connectivity index (χ2v) is 5.90. The van der Waals surface area contributed by atoms with Crippen LogP contribution < -0.4 is 11.1 Å². The molecule has 1 aromatic carbocycles. The molecule has 2 rings (SSSR count). The van der Waals surface area contributed by atoms with Crippen LogP contribution in [0.15, 0.2) is 29.6 Å². The lowest BCUT2D eigenvalue weighted by molar-refractivity contribution is -0.384. The van der Waals surface area contributed by atoms with Crippen molar-refractivity contribution in [2.75, 3.05) is 11.9 Å². The first-order chi connectivity index (χ1) is 11.8. The van der Waals surface area contributed by atoms with E-state index in [2.05, 4.69) is 5.32 Å². The van der Waals surface area contributed by atoms with Gasteiger partial charge in [-0.05, 0) is 17.5 Å². The molecule has 0 aliphatic rings. The Balaban J connectivity index is 1.97. The maximum Gasteiger partial charge on any atom is 0.340 e. The number of amides is 2. The normalized spacial score (nSPS) is 10.1. The van der Waals surface area contributed by atoms with Crippen molar-refractivity contribution < 1.29 is 24.0 Å². The maximum absolute atomic E-state index is 11.9. The minimum Gasteiger partial charge on any atom is -0.452 e. The number of carbonyl (C=O) groups excluding carboxylic acids is 3. The fourth-order valence-corrected chi connectivity index (χ4v) is 2.82. The minimum absolute atomic E-state index is 0.117. The van der Waals surface area contributed by atoms with Crippen molar-refractivity contribution in [2.45, 2.75) is 0 Å². The average molecular weight is 384 g/mol. The molecule has 2 amide bonds. The van der Waals surface area contributed by atoms with Gasteiger partial charge in [-0.2, -0.15) is 0 Å². The van der Waals surface area contributed by atoms with Gasteiger partial charge in [-0.15, -0.1) is 11.3 Å². The Morgan fingerprint density at radius 1 is 1.28 bits per heavy atom. The van der Waals surface area contributed by atoms with Crippen molar-refractivity contribution in [3.05, 3.63) is 55.9 Å². The molecule has 0 saturated heterocycles. The molecule has 0 aliphatic carbocycles. The molecule has 11 heteroatoms. The zero-order valence-corrected chi connectivity index (χ0v) is 13.9. The molecule has 9 nitrogen and oxygen atoms in total. The molecule has 0 radical (unpaired) electrons. The molecule has 3 N–H and O–H groups in total. The molecule has 130 valence electrons. The largest absolute Gasteiger partial charge is 0.452 e. The predicted octanol–water partition coefficient (Wildman–Crippen LogP) is 2.20. The number of nitro benzene ring substituents is 1. The van der Waals surface area contributed by atoms with Crippen molar-refractivity contribution in [3.63, 3.8) is 0 Å². The number of nitrogens with zero attached hydrogens (tertiary/aromatic N) is 1. The number of primary amides is 1. The highest BCUT2D eigenvalue weighted by atomic mass is 35.5. The van der Waals surface area contributed by atoms with E-state index in [4.69, 9.17) is 22.1 Å². The number of rotatable bonds is 6. The average Bonchev–Trinajstić information content (AvgIpc) is 3.00. The molecule has 0 aliphatic heterocycles. The molecule has 0 atom stereocenters. The van der Waals surface area contributed by atoms with Crippen molar-refractivity contribution >= 4 is 51.4 Å². The highest BCUT2D eigenvalue weighted by molar-refractivity contribution is 7.14. The van der Waals surface area contributed by atoms with Crippen LogP contribution in [0.1, 0.15) is 20.7 Å². The Hall–Kier alpha value is -2.98. The van der Waals surface area contributed by atoms with Gasteiger partial charge in [0, 0.05) is 12.1 Å². The first-order valence-electron chi connectivity index (χ1n) is 6.58. The van der Waals surface area contributed by atoms with E-state index in [0.717, 1.165) is 29.5 Å². The first-order valence-corrected chi connectivity index (χ1v) is 7.83. The Morgan fingerprint density at radius 2 is 2.00 bits per heavy atom. The van der Waals surface area contributed by atoms with Crippen LogP contribution in [0.2, 0.25) is 5.02 Å². The van der Waals surface area contributed by atoms with Gasteiger partial charge < -0.3 is 15.8 Å². The number of nitrogens with two attached hydrogens (primary N) is 1. The van der Waals surface area contributed by atoms with Gasteiger partial charge in [-0.1, -0.05) is 11.6 Å². The molecule has 1 aromatic heterocycles. The van der Waals surface area contributed by atoms with E-state index in [1.807, 2.05) is 0 Å². The van der Waals surface area contributed by atoms with E-state index in [1.165, 1.54) is 6.07 Å². The summed E-state index contributed by atoms with van der Waals surface area (Å²) >= 11 is 6.88. The summed E-state index contributed by atoms with van der Waals surface area (Å²) in [5, 5.41) is 14.7. The standard InChI is InChI=1S/C14H10ClN3O6S/c15-10-5-7(18(22)23)1-2-8(10)14(21)24-6-11(19)17-13-9(12(16)20)3-4-25-13/h1-5H,6H2,(H2,16,20)(H,17,19). The van der Waals surface area contributed by atoms with Gasteiger partial charge in [0.15, 0.2) is 6.61 Å². The number of nitrogens with one attached hydrogen (secondary N) is 1. The van der Waals surface area contributed by atoms with Gasteiger partial charge in [-0.25, -0.2) is 4.79 Å². The molecule has 0 bridgehead atoms. The molecule has 0 saturated carbocycles. The number of esters is 1. The van der Waals surface area contributed by atoms with Crippen LogP contribution in [0, 0.1) is 10.1 Å². The second kappa shape index (κ2) is 7.73. The number of halogens is 1. The van der Waals surface area contributed by atoms with Gasteiger partial charge >= 0.3 is 5.97 Å². The highest BCUT2D eigenvalue weighted by Gasteiger charge is 2.18. The summed E-state index contributed by atoms with van der Waals surface area (Å²) in [6, 6.07) is 4.67. The number of carbonyl (C=O) groups is 3. The maximum atomic E-state index is 11.9. The lowest BCUT2D eigenvalue weighted by Gasteiger charge is -2.07. The SMILES string of the molecule is NC(=O)c1ccsc1NC(=O)COC(=O)c1ccc([N+](=O)[O-])cc1Cl. The summed E-state index contributed by atoms with van der Waals surface area (Å²) in [6.45, 7) is -0.637. The van der Waals surface area contributed by atoms with E-state index in [-0.39, 0.29) is 26.8 Å². The Bertz CT molecular complexity index is 866. The molecule has 2 aromatic rings. The van der Waals surface area contributed by atoms with Crippen LogP contribution >= 0.6 is 22.9 Å². The van der Waals surface area contributed by atoms with Crippen LogP contribution in [0.25, 0.3) is 0 Å². The van der Waals surface area contributed by atoms with Crippen LogP contribution in [-0.4, -0.2) is 29.3 Å². The second-order valence-electron chi connectivity index (χ2n) is 4.57. The lowest BCUT2D eigenvalue weighted by atomic mass is 10.2.